The van der Waals surface area contributed by atoms with Crippen molar-refractivity contribution in [3.05, 3.63) is 64.4 Å². The van der Waals surface area contributed by atoms with Gasteiger partial charge in [0.15, 0.2) is 0 Å². The van der Waals surface area contributed by atoms with Crippen LogP contribution >= 0.6 is 11.3 Å². The van der Waals surface area contributed by atoms with E-state index >= 15 is 0 Å². The number of hydrogen-bond donors (Lipinski definition) is 2. The number of tetrazole rings is 1. The van der Waals surface area contributed by atoms with Crippen molar-refractivity contribution in [1.29, 1.82) is 0 Å². The molecule has 2 aromatic carbocycles. The van der Waals surface area contributed by atoms with Gasteiger partial charge in [0.1, 0.15) is 12.4 Å². The van der Waals surface area contributed by atoms with Crippen LogP contribution in [-0.4, -0.2) is 20.3 Å². The van der Waals surface area contributed by atoms with E-state index in [-0.39, 0.29) is 5.95 Å². The highest BCUT2D eigenvalue weighted by molar-refractivity contribution is 7.09. The summed E-state index contributed by atoms with van der Waals surface area (Å²) in [5, 5.41) is 15.3. The van der Waals surface area contributed by atoms with Gasteiger partial charge >= 0.3 is 0 Å². The fraction of sp³-hybridized carbons (Fsp3) is 0.118. The van der Waals surface area contributed by atoms with E-state index in [4.69, 9.17) is 10.5 Å². The number of rotatable bonds is 6. The molecule has 0 saturated carbocycles. The molecule has 0 unspecified atom stereocenters. The van der Waals surface area contributed by atoms with Crippen LogP contribution in [0.2, 0.25) is 0 Å². The van der Waals surface area contributed by atoms with E-state index in [2.05, 4.69) is 45.2 Å². The third kappa shape index (κ3) is 3.24. The summed E-state index contributed by atoms with van der Waals surface area (Å²) in [4.78, 5) is 2.53. The van der Waals surface area contributed by atoms with E-state index < -0.39 is 0 Å². The molecule has 0 atom stereocenters. The van der Waals surface area contributed by atoms with E-state index in [0.29, 0.717) is 13.2 Å². The topological polar surface area (TPSA) is 90.9 Å². The molecule has 0 bridgehead atoms. The van der Waals surface area contributed by atoms with Crippen molar-refractivity contribution in [3.63, 3.8) is 0 Å². The van der Waals surface area contributed by atoms with Gasteiger partial charge in [-0.2, -0.15) is 0 Å². The minimum atomic E-state index is 0.210. The van der Waals surface area contributed by atoms with Gasteiger partial charge in [-0.3, -0.25) is 0 Å². The lowest BCUT2D eigenvalue weighted by Crippen LogP contribution is -2.19. The third-order valence-electron chi connectivity index (χ3n) is 3.85. The first kappa shape index (κ1) is 15.4. The molecule has 4 rings (SSSR count). The maximum Gasteiger partial charge on any atom is 0.260 e. The number of thiophene rings is 1. The predicted molar refractivity (Wildman–Crippen MR) is 97.9 cm³/mol. The van der Waals surface area contributed by atoms with Crippen LogP contribution in [0.3, 0.4) is 0 Å². The third-order valence-corrected chi connectivity index (χ3v) is 4.70. The maximum absolute atomic E-state index is 6.07. The lowest BCUT2D eigenvalue weighted by molar-refractivity contribution is 0.307. The highest BCUT2D eigenvalue weighted by Gasteiger charge is 2.11. The second-order valence-electron chi connectivity index (χ2n) is 5.42. The Bertz CT molecular complexity index is 982. The Morgan fingerprint density at radius 2 is 2.04 bits per heavy atom. The molecule has 0 aliphatic carbocycles. The molecule has 8 heteroatoms. The van der Waals surface area contributed by atoms with E-state index in [0.717, 1.165) is 22.1 Å². The Morgan fingerprint density at radius 1 is 1.12 bits per heavy atom. The van der Waals surface area contributed by atoms with Gasteiger partial charge < -0.3 is 15.9 Å². The van der Waals surface area contributed by atoms with Gasteiger partial charge in [-0.05, 0) is 38.7 Å². The number of hydrogen-bond acceptors (Lipinski definition) is 7. The molecule has 2 aromatic heterocycles. The lowest BCUT2D eigenvalue weighted by atomic mass is 10.0. The van der Waals surface area contributed by atoms with Gasteiger partial charge in [0, 0.05) is 10.4 Å². The average molecular weight is 352 g/mol. The Balaban J connectivity index is 1.65. The van der Waals surface area contributed by atoms with Crippen molar-refractivity contribution in [3.8, 4) is 5.75 Å². The largest absolute Gasteiger partial charge is 0.488 e. The quantitative estimate of drug-likeness (QED) is 0.554. The van der Waals surface area contributed by atoms with Gasteiger partial charge in [0.2, 0.25) is 0 Å². The lowest BCUT2D eigenvalue weighted by Gasteiger charge is -2.15. The highest BCUT2D eigenvalue weighted by Crippen LogP contribution is 2.29. The number of nitrogen functional groups attached to an aromatic ring is 1. The van der Waals surface area contributed by atoms with E-state index in [1.807, 2.05) is 29.6 Å². The standard InChI is InChI=1S/C17H16N6OS/c18-17-20-21-22-23(17)19-10-15-14-6-2-1-4-12(14)7-8-16(15)24-11-13-5-3-9-25-13/h1-9,19H,10-11H2,(H2,18,20,22). The van der Waals surface area contributed by atoms with E-state index in [9.17, 15) is 0 Å². The Labute approximate surface area is 148 Å². The molecule has 126 valence electrons. The van der Waals surface area contributed by atoms with Crippen molar-refractivity contribution in [2.24, 2.45) is 0 Å². The predicted octanol–water partition coefficient (Wildman–Crippen LogP) is 2.79. The first-order valence-corrected chi connectivity index (χ1v) is 8.63. The molecule has 0 saturated heterocycles. The van der Waals surface area contributed by atoms with Crippen LogP contribution in [-0.2, 0) is 13.2 Å². The molecule has 0 radical (unpaired) electrons. The SMILES string of the molecule is Nc1nnnn1NCc1c(OCc2cccs2)ccc2ccccc12. The van der Waals surface area contributed by atoms with Crippen molar-refractivity contribution in [1.82, 2.24) is 20.3 Å². The van der Waals surface area contributed by atoms with Gasteiger partial charge in [-0.15, -0.1) is 16.1 Å². The van der Waals surface area contributed by atoms with Crippen LogP contribution in [0.5, 0.6) is 5.75 Å². The molecule has 0 aliphatic rings. The van der Waals surface area contributed by atoms with Crippen molar-refractivity contribution < 1.29 is 4.74 Å². The van der Waals surface area contributed by atoms with Crippen molar-refractivity contribution in [2.75, 3.05) is 11.2 Å². The number of fused-ring (bicyclic) bond motifs is 1. The Hall–Kier alpha value is -3.13. The van der Waals surface area contributed by atoms with E-state index in [1.54, 1.807) is 11.3 Å². The van der Waals surface area contributed by atoms with Gasteiger partial charge in [-0.25, -0.2) is 0 Å². The normalized spacial score (nSPS) is 10.9. The van der Waals surface area contributed by atoms with Gasteiger partial charge in [-0.1, -0.05) is 41.5 Å². The fourth-order valence-corrected chi connectivity index (χ4v) is 3.25. The Morgan fingerprint density at radius 3 is 2.84 bits per heavy atom. The summed E-state index contributed by atoms with van der Waals surface area (Å²) in [7, 11) is 0. The number of nitrogens with two attached hydrogens (primary N) is 1. The molecule has 3 N–H and O–H groups in total. The second-order valence-corrected chi connectivity index (χ2v) is 6.45. The van der Waals surface area contributed by atoms with Crippen molar-refractivity contribution in [2.45, 2.75) is 13.2 Å². The van der Waals surface area contributed by atoms with Crippen LogP contribution < -0.4 is 15.9 Å². The minimum Gasteiger partial charge on any atom is -0.488 e. The number of nitrogens with zero attached hydrogens (tertiary/aromatic N) is 4. The molecule has 2 heterocycles. The highest BCUT2D eigenvalue weighted by atomic mass is 32.1. The zero-order valence-electron chi connectivity index (χ0n) is 13.3. The maximum atomic E-state index is 6.07. The summed E-state index contributed by atoms with van der Waals surface area (Å²) < 4.78 is 6.07. The summed E-state index contributed by atoms with van der Waals surface area (Å²) >= 11 is 1.68. The first-order chi connectivity index (χ1) is 12.3. The zero-order chi connectivity index (χ0) is 17.1. The second kappa shape index (κ2) is 6.78. The molecule has 0 spiro atoms. The summed E-state index contributed by atoms with van der Waals surface area (Å²) in [6.45, 7) is 1.02. The van der Waals surface area contributed by atoms with Crippen LogP contribution in [0, 0.1) is 0 Å². The van der Waals surface area contributed by atoms with Gasteiger partial charge in [0.25, 0.3) is 5.95 Å². The van der Waals surface area contributed by atoms with Crippen LogP contribution in [0.4, 0.5) is 5.95 Å². The molecular formula is C17H16N6OS. The molecular weight excluding hydrogens is 336 g/mol. The number of ether oxygens (including phenoxy) is 1. The molecule has 4 aromatic rings. The summed E-state index contributed by atoms with van der Waals surface area (Å²) in [6, 6.07) is 16.3. The fourth-order valence-electron chi connectivity index (χ4n) is 2.64. The summed E-state index contributed by atoms with van der Waals surface area (Å²) in [5.41, 5.74) is 9.86. The van der Waals surface area contributed by atoms with Crippen molar-refractivity contribution >= 4 is 28.1 Å². The Kier molecular flexibility index (Phi) is 4.17. The minimum absolute atomic E-state index is 0.210. The molecule has 7 nitrogen and oxygen atoms in total. The average Bonchev–Trinajstić information content (AvgIpc) is 3.30. The van der Waals surface area contributed by atoms with E-state index in [1.165, 1.54) is 9.67 Å². The molecule has 0 fully saturated rings. The molecule has 0 amide bonds. The number of nitrogens with one attached hydrogen (secondary N) is 1. The number of aromatic nitrogens is 4. The van der Waals surface area contributed by atoms with Crippen LogP contribution in [0.1, 0.15) is 10.4 Å². The summed E-state index contributed by atoms with van der Waals surface area (Å²) in [6.07, 6.45) is 0. The number of anilines is 1. The van der Waals surface area contributed by atoms with Gasteiger partial charge in [0.05, 0.1) is 6.54 Å². The molecule has 25 heavy (non-hydrogen) atoms. The number of benzene rings is 2. The molecule has 0 aliphatic heterocycles. The first-order valence-electron chi connectivity index (χ1n) is 7.75. The van der Waals surface area contributed by atoms with Crippen LogP contribution in [0.15, 0.2) is 53.9 Å². The smallest absolute Gasteiger partial charge is 0.260 e. The monoisotopic (exact) mass is 352 g/mol. The van der Waals surface area contributed by atoms with Crippen LogP contribution in [0.25, 0.3) is 10.8 Å². The zero-order valence-corrected chi connectivity index (χ0v) is 14.1. The summed E-state index contributed by atoms with van der Waals surface area (Å²) in [5.74, 6) is 1.03.